The molecule has 154 valence electrons. The summed E-state index contributed by atoms with van der Waals surface area (Å²) in [6.07, 6.45) is 0.670. The Morgan fingerprint density at radius 1 is 1.07 bits per heavy atom. The highest BCUT2D eigenvalue weighted by Crippen LogP contribution is 2.42. The molecule has 2 aromatic carbocycles. The zero-order chi connectivity index (χ0) is 21.4. The van der Waals surface area contributed by atoms with Crippen molar-refractivity contribution in [2.45, 2.75) is 38.3 Å². The number of methoxy groups -OCH3 is 1. The van der Waals surface area contributed by atoms with Crippen LogP contribution >= 0.6 is 0 Å². The second-order valence-electron chi connectivity index (χ2n) is 8.25. The van der Waals surface area contributed by atoms with Crippen molar-refractivity contribution in [1.29, 1.82) is 0 Å². The Balaban J connectivity index is 2.11. The number of ether oxygens (including phenoxy) is 2. The van der Waals surface area contributed by atoms with E-state index in [1.807, 2.05) is 51.1 Å². The molecule has 0 saturated carbocycles. The Morgan fingerprint density at radius 3 is 2.34 bits per heavy atom. The number of nitrogens with zero attached hydrogens (tertiary/aromatic N) is 1. The fraction of sp³-hybridized carbons (Fsp3) is 0.391. The maximum absolute atomic E-state index is 12.8. The van der Waals surface area contributed by atoms with Crippen molar-refractivity contribution in [3.8, 4) is 11.1 Å². The Hall–Kier alpha value is -2.86. The molecular formula is C23H27NO5. The van der Waals surface area contributed by atoms with Gasteiger partial charge in [-0.15, -0.1) is 0 Å². The molecule has 0 saturated heterocycles. The first-order valence-electron chi connectivity index (χ1n) is 9.51. The smallest absolute Gasteiger partial charge is 0.346 e. The van der Waals surface area contributed by atoms with Crippen LogP contribution < -0.4 is 4.90 Å². The number of likely N-dealkylation sites (N-methyl/N-ethyl adjacent to an activating group) is 1. The molecule has 1 atom stereocenters. The third-order valence-electron chi connectivity index (χ3n) is 5.35. The quantitative estimate of drug-likeness (QED) is 0.507. The van der Waals surface area contributed by atoms with E-state index in [0.29, 0.717) is 12.1 Å². The van der Waals surface area contributed by atoms with Crippen molar-refractivity contribution in [1.82, 2.24) is 0 Å². The molecule has 1 N–H and O–H groups in total. The standard InChI is InChI=1S/C23H27NO5/c1-22(2,3)29-14-23(20(25)26,21(27)28-5)24(4)19-12-8-11-17-16-10-7-6-9-15(16)13-18(17)19/h6-12H,13-14H2,1-5H3,(H,25,26)/t23-/m0/s1. The monoisotopic (exact) mass is 397 g/mol. The highest BCUT2D eigenvalue weighted by Gasteiger charge is 2.53. The average Bonchev–Trinajstić information content (AvgIpc) is 3.05. The normalized spacial score (nSPS) is 14.5. The van der Waals surface area contributed by atoms with Gasteiger partial charge >= 0.3 is 11.9 Å². The van der Waals surface area contributed by atoms with Gasteiger partial charge in [0.05, 0.1) is 19.3 Å². The van der Waals surface area contributed by atoms with Crippen molar-refractivity contribution >= 4 is 17.6 Å². The summed E-state index contributed by atoms with van der Waals surface area (Å²) in [7, 11) is 2.80. The summed E-state index contributed by atoms with van der Waals surface area (Å²) in [5.41, 5.74) is 2.38. The molecule has 6 heteroatoms. The van der Waals surface area contributed by atoms with Gasteiger partial charge in [-0.3, -0.25) is 0 Å². The zero-order valence-corrected chi connectivity index (χ0v) is 17.5. The van der Waals surface area contributed by atoms with Crippen molar-refractivity contribution in [2.24, 2.45) is 0 Å². The van der Waals surface area contributed by atoms with Gasteiger partial charge < -0.3 is 19.5 Å². The molecule has 0 radical (unpaired) electrons. The molecule has 6 nitrogen and oxygen atoms in total. The minimum atomic E-state index is -2.01. The minimum Gasteiger partial charge on any atom is -0.479 e. The third-order valence-corrected chi connectivity index (χ3v) is 5.35. The summed E-state index contributed by atoms with van der Waals surface area (Å²) >= 11 is 0. The number of benzene rings is 2. The second-order valence-corrected chi connectivity index (χ2v) is 8.25. The lowest BCUT2D eigenvalue weighted by atomic mass is 9.95. The van der Waals surface area contributed by atoms with Crippen LogP contribution in [0.5, 0.6) is 0 Å². The van der Waals surface area contributed by atoms with Gasteiger partial charge in [0.2, 0.25) is 0 Å². The fourth-order valence-corrected chi connectivity index (χ4v) is 3.74. The number of carbonyl (C=O) groups excluding carboxylic acids is 1. The van der Waals surface area contributed by atoms with E-state index < -0.39 is 23.1 Å². The molecule has 0 aromatic heterocycles. The third kappa shape index (κ3) is 3.60. The maximum Gasteiger partial charge on any atom is 0.346 e. The predicted molar refractivity (Wildman–Crippen MR) is 111 cm³/mol. The van der Waals surface area contributed by atoms with Gasteiger partial charge in [0, 0.05) is 19.2 Å². The van der Waals surface area contributed by atoms with Gasteiger partial charge in [0.1, 0.15) is 0 Å². The van der Waals surface area contributed by atoms with E-state index in [1.54, 1.807) is 7.05 Å². The summed E-state index contributed by atoms with van der Waals surface area (Å²) in [5.74, 6) is -2.19. The van der Waals surface area contributed by atoms with Crippen LogP contribution in [0.1, 0.15) is 31.9 Å². The average molecular weight is 397 g/mol. The summed E-state index contributed by atoms with van der Waals surface area (Å²) in [6.45, 7) is 5.10. The molecule has 1 aliphatic carbocycles. The van der Waals surface area contributed by atoms with Gasteiger partial charge in [-0.05, 0) is 49.1 Å². The van der Waals surface area contributed by atoms with Crippen LogP contribution in [0, 0.1) is 0 Å². The fourth-order valence-electron chi connectivity index (χ4n) is 3.74. The lowest BCUT2D eigenvalue weighted by Crippen LogP contribution is -2.63. The lowest BCUT2D eigenvalue weighted by Gasteiger charge is -2.39. The van der Waals surface area contributed by atoms with Gasteiger partial charge in [0.25, 0.3) is 5.54 Å². The van der Waals surface area contributed by atoms with Crippen LogP contribution in [-0.2, 0) is 25.5 Å². The Labute approximate surface area is 171 Å². The largest absolute Gasteiger partial charge is 0.479 e. The minimum absolute atomic E-state index is 0.342. The van der Waals surface area contributed by atoms with Crippen molar-refractivity contribution in [3.05, 3.63) is 53.6 Å². The maximum atomic E-state index is 12.8. The number of anilines is 1. The van der Waals surface area contributed by atoms with Gasteiger partial charge in [-0.1, -0.05) is 36.4 Å². The second kappa shape index (κ2) is 7.52. The molecule has 0 bridgehead atoms. The summed E-state index contributed by atoms with van der Waals surface area (Å²) in [6, 6.07) is 13.8. The molecule has 29 heavy (non-hydrogen) atoms. The lowest BCUT2D eigenvalue weighted by molar-refractivity contribution is -0.165. The molecule has 1 aliphatic rings. The van der Waals surface area contributed by atoms with E-state index in [1.165, 1.54) is 17.6 Å². The Kier molecular flexibility index (Phi) is 5.41. The molecule has 3 rings (SSSR count). The highest BCUT2D eigenvalue weighted by atomic mass is 16.5. The van der Waals surface area contributed by atoms with E-state index in [-0.39, 0.29) is 6.61 Å². The van der Waals surface area contributed by atoms with Crippen LogP contribution in [0.2, 0.25) is 0 Å². The number of aliphatic carboxylic acids is 1. The van der Waals surface area contributed by atoms with Gasteiger partial charge in [-0.2, -0.15) is 0 Å². The van der Waals surface area contributed by atoms with Crippen LogP contribution in [-0.4, -0.2) is 48.9 Å². The van der Waals surface area contributed by atoms with E-state index in [4.69, 9.17) is 9.47 Å². The van der Waals surface area contributed by atoms with E-state index in [9.17, 15) is 14.7 Å². The Morgan fingerprint density at radius 2 is 1.72 bits per heavy atom. The SMILES string of the molecule is COC(=O)[C@](COC(C)(C)C)(C(=O)O)N(C)c1cccc2c1Cc1ccccc1-2. The van der Waals surface area contributed by atoms with E-state index in [2.05, 4.69) is 12.1 Å². The highest BCUT2D eigenvalue weighted by molar-refractivity contribution is 6.08. The molecular weight excluding hydrogens is 370 g/mol. The van der Waals surface area contributed by atoms with Gasteiger partial charge in [0.15, 0.2) is 0 Å². The van der Waals surface area contributed by atoms with Gasteiger partial charge in [-0.25, -0.2) is 9.59 Å². The predicted octanol–water partition coefficient (Wildman–Crippen LogP) is 3.51. The van der Waals surface area contributed by atoms with Crippen LogP contribution in [0.15, 0.2) is 42.5 Å². The first-order chi connectivity index (χ1) is 13.6. The zero-order valence-electron chi connectivity index (χ0n) is 17.5. The van der Waals surface area contributed by atoms with Crippen molar-refractivity contribution in [2.75, 3.05) is 25.7 Å². The van der Waals surface area contributed by atoms with Crippen LogP contribution in [0.25, 0.3) is 11.1 Å². The summed E-state index contributed by atoms with van der Waals surface area (Å²) in [5, 5.41) is 10.2. The summed E-state index contributed by atoms with van der Waals surface area (Å²) < 4.78 is 10.7. The molecule has 2 aromatic rings. The molecule has 0 aliphatic heterocycles. The Bertz CT molecular complexity index is 947. The first kappa shape index (κ1) is 20.9. The first-order valence-corrected chi connectivity index (χ1v) is 9.51. The number of carboxylic acid groups (broad SMARTS) is 1. The number of fused-ring (bicyclic) bond motifs is 3. The molecule has 0 amide bonds. The summed E-state index contributed by atoms with van der Waals surface area (Å²) in [4.78, 5) is 26.7. The number of esters is 1. The number of hydrogen-bond donors (Lipinski definition) is 1. The molecule has 0 spiro atoms. The van der Waals surface area contributed by atoms with Crippen molar-refractivity contribution < 1.29 is 24.2 Å². The topological polar surface area (TPSA) is 76.1 Å². The number of rotatable bonds is 6. The number of carbonyl (C=O) groups is 2. The van der Waals surface area contributed by atoms with Crippen molar-refractivity contribution in [3.63, 3.8) is 0 Å². The number of carboxylic acids is 1. The van der Waals surface area contributed by atoms with E-state index in [0.717, 1.165) is 16.7 Å². The molecule has 0 fully saturated rings. The van der Waals surface area contributed by atoms with Crippen LogP contribution in [0.4, 0.5) is 5.69 Å². The van der Waals surface area contributed by atoms with Crippen LogP contribution in [0.3, 0.4) is 0 Å². The molecule has 0 heterocycles. The molecule has 0 unspecified atom stereocenters. The number of hydrogen-bond acceptors (Lipinski definition) is 5. The van der Waals surface area contributed by atoms with E-state index >= 15 is 0 Å².